The summed E-state index contributed by atoms with van der Waals surface area (Å²) in [7, 11) is 3.22. The van der Waals surface area contributed by atoms with E-state index in [1.807, 2.05) is 13.8 Å². The maximum absolute atomic E-state index is 12.9. The second kappa shape index (κ2) is 7.28. The Labute approximate surface area is 153 Å². The van der Waals surface area contributed by atoms with Crippen molar-refractivity contribution in [3.8, 4) is 0 Å². The molecule has 1 saturated heterocycles. The fourth-order valence-electron chi connectivity index (χ4n) is 3.76. The number of nitrogens with one attached hydrogen (secondary N) is 1. The van der Waals surface area contributed by atoms with E-state index in [1.165, 1.54) is 21.8 Å². The molecule has 3 N–H and O–H groups in total. The number of likely N-dealkylation sites (tertiary alicyclic amines) is 1. The highest BCUT2D eigenvalue weighted by atomic mass is 16.2. The van der Waals surface area contributed by atoms with Crippen LogP contribution < -0.4 is 27.2 Å². The molecule has 1 aromatic rings. The summed E-state index contributed by atoms with van der Waals surface area (Å²) in [4.78, 5) is 29.5. The molecule has 2 aliphatic rings. The van der Waals surface area contributed by atoms with Gasteiger partial charge in [-0.1, -0.05) is 18.1 Å². The Balaban J connectivity index is 2.06. The van der Waals surface area contributed by atoms with Gasteiger partial charge in [0.25, 0.3) is 5.56 Å². The molecule has 0 bridgehead atoms. The summed E-state index contributed by atoms with van der Waals surface area (Å²) in [5, 5.41) is 3.42. The highest BCUT2D eigenvalue weighted by Gasteiger charge is 2.38. The number of nitrogens with two attached hydrogens (primary N) is 1. The van der Waals surface area contributed by atoms with Gasteiger partial charge >= 0.3 is 5.69 Å². The van der Waals surface area contributed by atoms with Crippen LogP contribution in [0.2, 0.25) is 0 Å². The van der Waals surface area contributed by atoms with Gasteiger partial charge in [-0.15, -0.1) is 0 Å². The topological polar surface area (TPSA) is 88.5 Å². The molecule has 26 heavy (non-hydrogen) atoms. The molecule has 8 nitrogen and oxygen atoms in total. The first kappa shape index (κ1) is 18.7. The summed E-state index contributed by atoms with van der Waals surface area (Å²) in [5.74, 6) is 0.586. The van der Waals surface area contributed by atoms with Crippen molar-refractivity contribution < 1.29 is 0 Å². The number of fused-ring (bicyclic) bond motifs is 1. The van der Waals surface area contributed by atoms with Crippen molar-refractivity contribution in [2.24, 2.45) is 19.8 Å². The molecule has 2 atom stereocenters. The minimum Gasteiger partial charge on any atom is -0.337 e. The third-order valence-electron chi connectivity index (χ3n) is 5.27. The van der Waals surface area contributed by atoms with Crippen LogP contribution in [-0.2, 0) is 14.1 Å². The zero-order chi connectivity index (χ0) is 19.0. The molecule has 0 radical (unpaired) electrons. The minimum atomic E-state index is -0.323. The molecule has 0 aliphatic carbocycles. The van der Waals surface area contributed by atoms with E-state index in [4.69, 9.17) is 5.73 Å². The summed E-state index contributed by atoms with van der Waals surface area (Å²) >= 11 is 0. The van der Waals surface area contributed by atoms with Crippen LogP contribution in [0.15, 0.2) is 21.2 Å². The lowest BCUT2D eigenvalue weighted by molar-refractivity contribution is 0.215. The van der Waals surface area contributed by atoms with Gasteiger partial charge in [0.05, 0.1) is 0 Å². The molecule has 144 valence electrons. The van der Waals surface area contributed by atoms with E-state index >= 15 is 0 Å². The molecule has 1 aromatic heterocycles. The Kier molecular flexibility index (Phi) is 5.24. The Morgan fingerprint density at radius 2 is 1.96 bits per heavy atom. The molecule has 1 fully saturated rings. The lowest BCUT2D eigenvalue weighted by atomic mass is 10.2. The largest absolute Gasteiger partial charge is 0.337 e. The van der Waals surface area contributed by atoms with Gasteiger partial charge in [-0.05, 0) is 26.7 Å². The van der Waals surface area contributed by atoms with Gasteiger partial charge in [-0.2, -0.15) is 0 Å². The fourth-order valence-corrected chi connectivity index (χ4v) is 3.76. The maximum atomic E-state index is 12.9. The molecular formula is C18H30N6O2. The molecule has 2 aliphatic heterocycles. The second-order valence-corrected chi connectivity index (χ2v) is 7.61. The van der Waals surface area contributed by atoms with Crippen LogP contribution >= 0.6 is 0 Å². The average Bonchev–Trinajstić information content (AvgIpc) is 2.84. The number of anilines is 2. The fraction of sp³-hybridized carbons (Fsp3) is 0.667. The summed E-state index contributed by atoms with van der Waals surface area (Å²) in [6.45, 7) is 6.37. The van der Waals surface area contributed by atoms with Crippen molar-refractivity contribution in [2.75, 3.05) is 29.9 Å². The van der Waals surface area contributed by atoms with E-state index in [9.17, 15) is 9.59 Å². The molecule has 3 heterocycles. The average molecular weight is 362 g/mol. The third-order valence-corrected chi connectivity index (χ3v) is 5.27. The summed E-state index contributed by atoms with van der Waals surface area (Å²) in [6, 6.07) is 0.125. The molecule has 0 amide bonds. The van der Waals surface area contributed by atoms with Crippen molar-refractivity contribution in [3.63, 3.8) is 0 Å². The molecule has 0 spiro atoms. The van der Waals surface area contributed by atoms with Crippen LogP contribution in [0.5, 0.6) is 0 Å². The molecule has 0 saturated carbocycles. The summed E-state index contributed by atoms with van der Waals surface area (Å²) < 4.78 is 2.69. The Bertz CT molecular complexity index is 820. The molecule has 2 unspecified atom stereocenters. The SMILES string of the molecule is CC(C)=CCN1c2c(n(C)c(=O)n(C)c2=O)NC1N1CCCCC(N)C1. The number of hydrogen-bond acceptors (Lipinski definition) is 6. The van der Waals surface area contributed by atoms with Crippen molar-refractivity contribution in [1.82, 2.24) is 14.0 Å². The highest BCUT2D eigenvalue weighted by Crippen LogP contribution is 2.32. The van der Waals surface area contributed by atoms with Crippen molar-refractivity contribution in [2.45, 2.75) is 45.4 Å². The summed E-state index contributed by atoms with van der Waals surface area (Å²) in [5.41, 5.74) is 7.40. The molecular weight excluding hydrogens is 332 g/mol. The maximum Gasteiger partial charge on any atom is 0.332 e. The molecule has 0 aromatic carbocycles. The Hall–Kier alpha value is -2.06. The van der Waals surface area contributed by atoms with Gasteiger partial charge in [-0.3, -0.25) is 18.8 Å². The zero-order valence-corrected chi connectivity index (χ0v) is 16.2. The number of rotatable bonds is 3. The van der Waals surface area contributed by atoms with Crippen LogP contribution in [0.25, 0.3) is 0 Å². The van der Waals surface area contributed by atoms with Crippen LogP contribution in [-0.4, -0.2) is 46.0 Å². The third kappa shape index (κ3) is 3.31. The van der Waals surface area contributed by atoms with E-state index in [1.54, 1.807) is 7.05 Å². The lowest BCUT2D eigenvalue weighted by Gasteiger charge is -2.35. The lowest BCUT2D eigenvalue weighted by Crippen LogP contribution is -2.53. The number of nitrogens with zero attached hydrogens (tertiary/aromatic N) is 4. The van der Waals surface area contributed by atoms with Gasteiger partial charge in [0.15, 0.2) is 6.29 Å². The second-order valence-electron chi connectivity index (χ2n) is 7.61. The highest BCUT2D eigenvalue weighted by molar-refractivity contribution is 5.72. The van der Waals surface area contributed by atoms with Crippen LogP contribution in [0.4, 0.5) is 11.5 Å². The minimum absolute atomic E-state index is 0.125. The number of allylic oxidation sites excluding steroid dienone is 1. The normalized spacial score (nSPS) is 23.3. The monoisotopic (exact) mass is 362 g/mol. The van der Waals surface area contributed by atoms with Crippen molar-refractivity contribution >= 4 is 11.5 Å². The van der Waals surface area contributed by atoms with Gasteiger partial charge in [-0.25, -0.2) is 4.79 Å². The first-order chi connectivity index (χ1) is 12.3. The van der Waals surface area contributed by atoms with Crippen LogP contribution in [0, 0.1) is 0 Å². The van der Waals surface area contributed by atoms with E-state index in [-0.39, 0.29) is 23.6 Å². The predicted octanol–water partition coefficient (Wildman–Crippen LogP) is 0.379. The van der Waals surface area contributed by atoms with Gasteiger partial charge in [0.1, 0.15) is 11.5 Å². The molecule has 3 rings (SSSR count). The standard InChI is InChI=1S/C18H30N6O2/c1-12(2)8-10-24-14-15(21(3)18(26)22(4)16(14)25)20-17(24)23-9-6-5-7-13(19)11-23/h8,13,17,20H,5-7,9-11,19H2,1-4H3. The quantitative estimate of drug-likeness (QED) is 0.756. The van der Waals surface area contributed by atoms with Crippen LogP contribution in [0.1, 0.15) is 33.1 Å². The number of hydrogen-bond donors (Lipinski definition) is 2. The number of aromatic nitrogens is 2. The Morgan fingerprint density at radius 1 is 1.23 bits per heavy atom. The van der Waals surface area contributed by atoms with Crippen molar-refractivity contribution in [3.05, 3.63) is 32.5 Å². The summed E-state index contributed by atoms with van der Waals surface area (Å²) in [6.07, 6.45) is 5.14. The van der Waals surface area contributed by atoms with E-state index < -0.39 is 0 Å². The van der Waals surface area contributed by atoms with E-state index in [2.05, 4.69) is 21.2 Å². The van der Waals surface area contributed by atoms with E-state index in [0.717, 1.165) is 32.4 Å². The van der Waals surface area contributed by atoms with E-state index in [0.29, 0.717) is 18.1 Å². The first-order valence-electron chi connectivity index (χ1n) is 9.27. The van der Waals surface area contributed by atoms with Crippen molar-refractivity contribution in [1.29, 1.82) is 0 Å². The predicted molar refractivity (Wildman–Crippen MR) is 105 cm³/mol. The van der Waals surface area contributed by atoms with Crippen LogP contribution in [0.3, 0.4) is 0 Å². The smallest absolute Gasteiger partial charge is 0.332 e. The van der Waals surface area contributed by atoms with Gasteiger partial charge in [0.2, 0.25) is 0 Å². The van der Waals surface area contributed by atoms with Gasteiger partial charge < -0.3 is 16.0 Å². The first-order valence-corrected chi connectivity index (χ1v) is 9.27. The zero-order valence-electron chi connectivity index (χ0n) is 16.2. The Morgan fingerprint density at radius 3 is 2.65 bits per heavy atom. The molecule has 8 heteroatoms. The van der Waals surface area contributed by atoms with Gasteiger partial charge in [0, 0.05) is 39.8 Å².